The maximum atomic E-state index is 12.5. The molecule has 3 aromatic heterocycles. The summed E-state index contributed by atoms with van der Waals surface area (Å²) in [4.78, 5) is 16.8. The van der Waals surface area contributed by atoms with Gasteiger partial charge in [0, 0.05) is 25.6 Å². The van der Waals surface area contributed by atoms with Crippen LogP contribution in [0.1, 0.15) is 25.2 Å². The van der Waals surface area contributed by atoms with Gasteiger partial charge in [-0.15, -0.1) is 0 Å². The summed E-state index contributed by atoms with van der Waals surface area (Å²) in [7, 11) is 0. The molecular formula is C18H20N4O4. The Bertz CT molecular complexity index is 833. The van der Waals surface area contributed by atoms with E-state index < -0.39 is 0 Å². The number of hydrogen-bond acceptors (Lipinski definition) is 6. The van der Waals surface area contributed by atoms with Gasteiger partial charge in [0.25, 0.3) is 0 Å². The molecule has 0 radical (unpaired) electrons. The van der Waals surface area contributed by atoms with Crippen LogP contribution in [0.25, 0.3) is 11.6 Å². The van der Waals surface area contributed by atoms with E-state index in [1.807, 2.05) is 24.5 Å². The summed E-state index contributed by atoms with van der Waals surface area (Å²) in [5.41, 5.74) is -0.250. The molecule has 1 N–H and O–H groups in total. The zero-order valence-electron chi connectivity index (χ0n) is 14.3. The quantitative estimate of drug-likeness (QED) is 0.728. The van der Waals surface area contributed by atoms with Crippen molar-refractivity contribution in [1.82, 2.24) is 20.0 Å². The van der Waals surface area contributed by atoms with Crippen molar-refractivity contribution in [2.75, 3.05) is 13.2 Å². The number of furan rings is 1. The van der Waals surface area contributed by atoms with Gasteiger partial charge in [-0.1, -0.05) is 5.16 Å². The zero-order chi connectivity index (χ0) is 17.8. The van der Waals surface area contributed by atoms with Crippen LogP contribution in [0.4, 0.5) is 0 Å². The van der Waals surface area contributed by atoms with E-state index in [9.17, 15) is 4.79 Å². The summed E-state index contributed by atoms with van der Waals surface area (Å²) >= 11 is 0. The lowest BCUT2D eigenvalue weighted by Gasteiger charge is -2.38. The van der Waals surface area contributed by atoms with Crippen molar-refractivity contribution in [2.45, 2.75) is 31.3 Å². The molecule has 1 saturated heterocycles. The van der Waals surface area contributed by atoms with Gasteiger partial charge in [-0.2, -0.15) is 4.98 Å². The van der Waals surface area contributed by atoms with Crippen molar-refractivity contribution in [3.05, 3.63) is 48.8 Å². The predicted molar refractivity (Wildman–Crippen MR) is 90.9 cm³/mol. The first-order valence-corrected chi connectivity index (χ1v) is 8.60. The molecule has 4 rings (SSSR count). The SMILES string of the molecule is O=C(CC1(n2cccc2)CCOCC1)NCc1nc(-c2ccco2)no1. The second-order valence-corrected chi connectivity index (χ2v) is 6.37. The van der Waals surface area contributed by atoms with E-state index >= 15 is 0 Å². The molecule has 1 aliphatic rings. The average Bonchev–Trinajstić information content (AvgIpc) is 3.43. The molecule has 0 saturated carbocycles. The third-order valence-corrected chi connectivity index (χ3v) is 4.71. The van der Waals surface area contributed by atoms with E-state index in [0.29, 0.717) is 37.1 Å². The van der Waals surface area contributed by atoms with Crippen LogP contribution in [-0.2, 0) is 21.6 Å². The smallest absolute Gasteiger partial charge is 0.246 e. The Morgan fingerprint density at radius 2 is 2.04 bits per heavy atom. The summed E-state index contributed by atoms with van der Waals surface area (Å²) in [6.45, 7) is 1.49. The minimum absolute atomic E-state index is 0.0571. The number of carbonyl (C=O) groups excluding carboxylic acids is 1. The summed E-state index contributed by atoms with van der Waals surface area (Å²) in [6.07, 6.45) is 7.54. The highest BCUT2D eigenvalue weighted by Crippen LogP contribution is 2.33. The molecule has 3 aromatic rings. The first-order valence-electron chi connectivity index (χ1n) is 8.60. The Hall–Kier alpha value is -2.87. The molecule has 8 nitrogen and oxygen atoms in total. The van der Waals surface area contributed by atoms with Crippen LogP contribution in [-0.4, -0.2) is 33.8 Å². The van der Waals surface area contributed by atoms with Crippen molar-refractivity contribution >= 4 is 5.91 Å². The maximum absolute atomic E-state index is 12.5. The molecular weight excluding hydrogens is 336 g/mol. The highest BCUT2D eigenvalue weighted by atomic mass is 16.5. The van der Waals surface area contributed by atoms with E-state index in [-0.39, 0.29) is 18.0 Å². The van der Waals surface area contributed by atoms with Crippen LogP contribution in [0, 0.1) is 0 Å². The van der Waals surface area contributed by atoms with E-state index in [1.54, 1.807) is 18.4 Å². The third kappa shape index (κ3) is 3.41. The number of ether oxygens (including phenoxy) is 1. The Morgan fingerprint density at radius 1 is 1.23 bits per heavy atom. The van der Waals surface area contributed by atoms with E-state index in [1.165, 1.54) is 0 Å². The highest BCUT2D eigenvalue weighted by Gasteiger charge is 2.36. The summed E-state index contributed by atoms with van der Waals surface area (Å²) in [5, 5.41) is 6.73. The molecule has 0 aromatic carbocycles. The van der Waals surface area contributed by atoms with Gasteiger partial charge in [-0.05, 0) is 37.1 Å². The number of rotatable bonds is 6. The van der Waals surface area contributed by atoms with Crippen molar-refractivity contribution < 1.29 is 18.5 Å². The summed E-state index contributed by atoms with van der Waals surface area (Å²) in [6, 6.07) is 7.45. The molecule has 0 unspecified atom stereocenters. The van der Waals surface area contributed by atoms with Gasteiger partial charge in [0.1, 0.15) is 0 Å². The van der Waals surface area contributed by atoms with E-state index in [4.69, 9.17) is 13.7 Å². The maximum Gasteiger partial charge on any atom is 0.246 e. The molecule has 1 fully saturated rings. The third-order valence-electron chi connectivity index (χ3n) is 4.71. The Kier molecular flexibility index (Phi) is 4.57. The lowest BCUT2D eigenvalue weighted by atomic mass is 9.86. The summed E-state index contributed by atoms with van der Waals surface area (Å²) in [5.74, 6) is 1.18. The molecule has 0 aliphatic carbocycles. The van der Waals surface area contributed by atoms with Gasteiger partial charge in [0.2, 0.25) is 17.6 Å². The topological polar surface area (TPSA) is 95.3 Å². The lowest BCUT2D eigenvalue weighted by molar-refractivity contribution is -0.125. The van der Waals surface area contributed by atoms with E-state index in [2.05, 4.69) is 20.0 Å². The molecule has 26 heavy (non-hydrogen) atoms. The van der Waals surface area contributed by atoms with Crippen LogP contribution in [0.15, 0.2) is 51.9 Å². The fourth-order valence-electron chi connectivity index (χ4n) is 3.30. The normalized spacial score (nSPS) is 16.5. The van der Waals surface area contributed by atoms with Crippen molar-refractivity contribution in [1.29, 1.82) is 0 Å². The number of aromatic nitrogens is 3. The first-order chi connectivity index (χ1) is 12.8. The zero-order valence-corrected chi connectivity index (χ0v) is 14.3. The molecule has 1 amide bonds. The van der Waals surface area contributed by atoms with Crippen LogP contribution in [0.3, 0.4) is 0 Å². The Morgan fingerprint density at radius 3 is 2.77 bits per heavy atom. The van der Waals surface area contributed by atoms with Gasteiger partial charge in [-0.3, -0.25) is 4.79 Å². The lowest BCUT2D eigenvalue weighted by Crippen LogP contribution is -2.43. The molecule has 1 aliphatic heterocycles. The predicted octanol–water partition coefficient (Wildman–Crippen LogP) is 2.34. The number of nitrogens with zero attached hydrogens (tertiary/aromatic N) is 3. The number of nitrogens with one attached hydrogen (secondary N) is 1. The number of hydrogen-bond donors (Lipinski definition) is 1. The Labute approximate surface area is 150 Å². The van der Waals surface area contributed by atoms with Gasteiger partial charge >= 0.3 is 0 Å². The Balaban J connectivity index is 1.38. The second-order valence-electron chi connectivity index (χ2n) is 6.37. The molecule has 136 valence electrons. The molecule has 0 bridgehead atoms. The van der Waals surface area contributed by atoms with Crippen molar-refractivity contribution in [2.24, 2.45) is 0 Å². The number of carbonyl (C=O) groups is 1. The van der Waals surface area contributed by atoms with Gasteiger partial charge in [0.15, 0.2) is 5.76 Å². The van der Waals surface area contributed by atoms with Gasteiger partial charge < -0.3 is 23.6 Å². The van der Waals surface area contributed by atoms with Crippen molar-refractivity contribution in [3.63, 3.8) is 0 Å². The molecule has 8 heteroatoms. The van der Waals surface area contributed by atoms with Crippen LogP contribution in [0.2, 0.25) is 0 Å². The van der Waals surface area contributed by atoms with Gasteiger partial charge in [0.05, 0.1) is 24.8 Å². The van der Waals surface area contributed by atoms with Crippen LogP contribution < -0.4 is 5.32 Å². The molecule has 0 atom stereocenters. The number of amides is 1. The van der Waals surface area contributed by atoms with E-state index in [0.717, 1.165) is 12.8 Å². The standard InChI is InChI=1S/C18H20N4O4/c23-15(12-18(5-10-24-11-6-18)22-7-1-2-8-22)19-13-16-20-17(21-26-16)14-4-3-9-25-14/h1-4,7-9H,5-6,10-13H2,(H,19,23). The summed E-state index contributed by atoms with van der Waals surface area (Å²) < 4.78 is 18.0. The minimum atomic E-state index is -0.250. The largest absolute Gasteiger partial charge is 0.461 e. The van der Waals surface area contributed by atoms with Crippen molar-refractivity contribution in [3.8, 4) is 11.6 Å². The van der Waals surface area contributed by atoms with Crippen LogP contribution >= 0.6 is 0 Å². The highest BCUT2D eigenvalue weighted by molar-refractivity contribution is 5.76. The first kappa shape index (κ1) is 16.6. The fraction of sp³-hybridized carbons (Fsp3) is 0.389. The molecule has 0 spiro atoms. The average molecular weight is 356 g/mol. The second kappa shape index (κ2) is 7.17. The van der Waals surface area contributed by atoms with Crippen LogP contribution in [0.5, 0.6) is 0 Å². The molecule has 4 heterocycles. The minimum Gasteiger partial charge on any atom is -0.461 e. The monoisotopic (exact) mass is 356 g/mol. The fourth-order valence-corrected chi connectivity index (χ4v) is 3.30. The van der Waals surface area contributed by atoms with Gasteiger partial charge in [-0.25, -0.2) is 0 Å².